The van der Waals surface area contributed by atoms with Crippen LogP contribution in [-0.2, 0) is 9.47 Å². The number of morpholine rings is 1. The first-order valence-corrected chi connectivity index (χ1v) is 7.35. The van der Waals surface area contributed by atoms with Gasteiger partial charge >= 0.3 is 0 Å². The molecule has 1 heterocycles. The highest BCUT2D eigenvalue weighted by Crippen LogP contribution is 2.12. The first-order chi connectivity index (χ1) is 8.69. The zero-order chi connectivity index (χ0) is 13.4. The number of ether oxygens (including phenoxy) is 2. The van der Waals surface area contributed by atoms with Crippen LogP contribution in [0.15, 0.2) is 0 Å². The molecule has 0 aromatic carbocycles. The van der Waals surface area contributed by atoms with Crippen LogP contribution in [0.5, 0.6) is 0 Å². The fourth-order valence-electron chi connectivity index (χ4n) is 2.32. The highest BCUT2D eigenvalue weighted by atomic mass is 16.5. The molecule has 0 aromatic heterocycles. The molecule has 0 aliphatic carbocycles. The van der Waals surface area contributed by atoms with Crippen LogP contribution in [0.2, 0.25) is 0 Å². The van der Waals surface area contributed by atoms with Crippen LogP contribution in [0.1, 0.15) is 34.1 Å². The van der Waals surface area contributed by atoms with Gasteiger partial charge in [-0.1, -0.05) is 13.8 Å². The van der Waals surface area contributed by atoms with Crippen molar-refractivity contribution in [1.82, 2.24) is 10.2 Å². The highest BCUT2D eigenvalue weighted by molar-refractivity contribution is 4.83. The highest BCUT2D eigenvalue weighted by Gasteiger charge is 2.28. The zero-order valence-corrected chi connectivity index (χ0v) is 12.4. The molecule has 18 heavy (non-hydrogen) atoms. The van der Waals surface area contributed by atoms with E-state index in [1.54, 1.807) is 0 Å². The van der Waals surface area contributed by atoms with Crippen molar-refractivity contribution in [3.05, 3.63) is 0 Å². The maximum Gasteiger partial charge on any atom is 0.0877 e. The third-order valence-electron chi connectivity index (χ3n) is 3.42. The second-order valence-electron chi connectivity index (χ2n) is 5.24. The summed E-state index contributed by atoms with van der Waals surface area (Å²) in [6, 6.07) is 0.901. The summed E-state index contributed by atoms with van der Waals surface area (Å²) < 4.78 is 11.6. The second-order valence-corrected chi connectivity index (χ2v) is 5.24. The van der Waals surface area contributed by atoms with Crippen LogP contribution in [0, 0.1) is 0 Å². The molecular weight excluding hydrogens is 228 g/mol. The van der Waals surface area contributed by atoms with Gasteiger partial charge in [-0.3, -0.25) is 4.90 Å². The Morgan fingerprint density at radius 3 is 2.78 bits per heavy atom. The van der Waals surface area contributed by atoms with Gasteiger partial charge in [-0.15, -0.1) is 0 Å². The van der Waals surface area contributed by atoms with Crippen molar-refractivity contribution in [2.24, 2.45) is 0 Å². The smallest absolute Gasteiger partial charge is 0.0877 e. The Morgan fingerprint density at radius 1 is 1.39 bits per heavy atom. The van der Waals surface area contributed by atoms with Crippen LogP contribution >= 0.6 is 0 Å². The Hall–Kier alpha value is -0.160. The third kappa shape index (κ3) is 5.22. The van der Waals surface area contributed by atoms with Gasteiger partial charge in [0.25, 0.3) is 0 Å². The van der Waals surface area contributed by atoms with Crippen LogP contribution in [0.4, 0.5) is 0 Å². The fraction of sp³-hybridized carbons (Fsp3) is 1.00. The van der Waals surface area contributed by atoms with Gasteiger partial charge in [-0.05, 0) is 26.8 Å². The van der Waals surface area contributed by atoms with Gasteiger partial charge in [-0.2, -0.15) is 0 Å². The summed E-state index contributed by atoms with van der Waals surface area (Å²) >= 11 is 0. The summed E-state index contributed by atoms with van der Waals surface area (Å²) in [5, 5.41) is 3.49. The number of hydrogen-bond donors (Lipinski definition) is 1. The lowest BCUT2D eigenvalue weighted by Crippen LogP contribution is -2.55. The molecule has 0 aromatic rings. The molecule has 1 saturated heterocycles. The van der Waals surface area contributed by atoms with Gasteiger partial charge in [0.2, 0.25) is 0 Å². The summed E-state index contributed by atoms with van der Waals surface area (Å²) in [7, 11) is 0. The summed E-state index contributed by atoms with van der Waals surface area (Å²) in [5.74, 6) is 0. The second kappa shape index (κ2) is 8.86. The topological polar surface area (TPSA) is 33.7 Å². The minimum atomic E-state index is 0.248. The minimum absolute atomic E-state index is 0.248. The van der Waals surface area contributed by atoms with Crippen molar-refractivity contribution in [2.75, 3.05) is 39.5 Å². The van der Waals surface area contributed by atoms with Crippen LogP contribution in [-0.4, -0.2) is 62.5 Å². The van der Waals surface area contributed by atoms with E-state index in [4.69, 9.17) is 9.47 Å². The monoisotopic (exact) mass is 258 g/mol. The van der Waals surface area contributed by atoms with Gasteiger partial charge in [0.15, 0.2) is 0 Å². The van der Waals surface area contributed by atoms with Gasteiger partial charge in [0.05, 0.1) is 25.4 Å². The lowest BCUT2D eigenvalue weighted by molar-refractivity contribution is -0.0686. The fourth-order valence-corrected chi connectivity index (χ4v) is 2.32. The van der Waals surface area contributed by atoms with E-state index < -0.39 is 0 Å². The largest absolute Gasteiger partial charge is 0.380 e. The standard InChI is InChI=1S/C14H30N2O2/c1-5-8-17-11-13(15-6-2)14-10-16(12(3)4)7-9-18-14/h12-15H,5-11H2,1-4H3. The number of nitrogens with one attached hydrogen (secondary N) is 1. The molecule has 0 bridgehead atoms. The van der Waals surface area contributed by atoms with Crippen molar-refractivity contribution in [2.45, 2.75) is 52.3 Å². The molecule has 1 N–H and O–H groups in total. The molecule has 0 radical (unpaired) electrons. The molecule has 4 heteroatoms. The predicted octanol–water partition coefficient (Wildman–Crippen LogP) is 1.50. The van der Waals surface area contributed by atoms with E-state index in [0.29, 0.717) is 12.1 Å². The average Bonchev–Trinajstić information content (AvgIpc) is 2.38. The van der Waals surface area contributed by atoms with Crippen molar-refractivity contribution >= 4 is 0 Å². The van der Waals surface area contributed by atoms with E-state index in [1.807, 2.05) is 0 Å². The lowest BCUT2D eigenvalue weighted by atomic mass is 10.1. The van der Waals surface area contributed by atoms with Crippen LogP contribution in [0.3, 0.4) is 0 Å². The predicted molar refractivity (Wildman–Crippen MR) is 75.0 cm³/mol. The molecule has 108 valence electrons. The normalized spacial score (nSPS) is 23.5. The molecule has 1 rings (SSSR count). The number of hydrogen-bond acceptors (Lipinski definition) is 4. The van der Waals surface area contributed by atoms with E-state index in [1.165, 1.54) is 0 Å². The summed E-state index contributed by atoms with van der Waals surface area (Å²) in [5.41, 5.74) is 0. The van der Waals surface area contributed by atoms with Gasteiger partial charge in [0.1, 0.15) is 0 Å². The van der Waals surface area contributed by atoms with Gasteiger partial charge < -0.3 is 14.8 Å². The Balaban J connectivity index is 2.44. The van der Waals surface area contributed by atoms with E-state index >= 15 is 0 Å². The Bertz CT molecular complexity index is 212. The molecule has 4 nitrogen and oxygen atoms in total. The quantitative estimate of drug-likeness (QED) is 0.669. The van der Waals surface area contributed by atoms with E-state index in [2.05, 4.69) is 37.9 Å². The Labute approximate surface area is 112 Å². The van der Waals surface area contributed by atoms with Crippen molar-refractivity contribution in [3.8, 4) is 0 Å². The Kier molecular flexibility index (Phi) is 7.82. The lowest BCUT2D eigenvalue weighted by Gasteiger charge is -2.39. The minimum Gasteiger partial charge on any atom is -0.380 e. The molecule has 0 saturated carbocycles. The first-order valence-electron chi connectivity index (χ1n) is 7.35. The molecule has 2 atom stereocenters. The number of likely N-dealkylation sites (N-methyl/N-ethyl adjacent to an activating group) is 1. The average molecular weight is 258 g/mol. The molecule has 2 unspecified atom stereocenters. The number of nitrogens with zero attached hydrogens (tertiary/aromatic N) is 1. The number of rotatable bonds is 8. The molecule has 1 fully saturated rings. The van der Waals surface area contributed by atoms with E-state index in [0.717, 1.165) is 45.9 Å². The summed E-state index contributed by atoms with van der Waals surface area (Å²) in [4.78, 5) is 2.48. The van der Waals surface area contributed by atoms with Gasteiger partial charge in [-0.25, -0.2) is 0 Å². The van der Waals surface area contributed by atoms with Crippen molar-refractivity contribution in [3.63, 3.8) is 0 Å². The van der Waals surface area contributed by atoms with Crippen LogP contribution in [0.25, 0.3) is 0 Å². The maximum atomic E-state index is 5.92. The SMILES string of the molecule is CCCOCC(NCC)C1CN(C(C)C)CCO1. The molecule has 1 aliphatic heterocycles. The first kappa shape index (κ1) is 15.9. The molecule has 1 aliphatic rings. The van der Waals surface area contributed by atoms with E-state index in [9.17, 15) is 0 Å². The van der Waals surface area contributed by atoms with Crippen LogP contribution < -0.4 is 5.32 Å². The third-order valence-corrected chi connectivity index (χ3v) is 3.42. The maximum absolute atomic E-state index is 5.92. The summed E-state index contributed by atoms with van der Waals surface area (Å²) in [6.45, 7) is 14.2. The molecule has 0 spiro atoms. The Morgan fingerprint density at radius 2 is 2.17 bits per heavy atom. The van der Waals surface area contributed by atoms with E-state index in [-0.39, 0.29) is 6.10 Å². The summed E-state index contributed by atoms with van der Waals surface area (Å²) in [6.07, 6.45) is 1.32. The van der Waals surface area contributed by atoms with Crippen molar-refractivity contribution < 1.29 is 9.47 Å². The molecule has 0 amide bonds. The van der Waals surface area contributed by atoms with Gasteiger partial charge in [0, 0.05) is 25.7 Å². The van der Waals surface area contributed by atoms with Crippen molar-refractivity contribution in [1.29, 1.82) is 0 Å². The molecular formula is C14H30N2O2. The zero-order valence-electron chi connectivity index (χ0n) is 12.4.